The first-order valence-electron chi connectivity index (χ1n) is 11.8. The largest absolute Gasteiger partial charge is 0.455 e. The topological polar surface area (TPSA) is 9.23 Å². The van der Waals surface area contributed by atoms with Crippen LogP contribution in [-0.2, 0) is 4.12 Å². The lowest BCUT2D eigenvalue weighted by molar-refractivity contribution is 0.441. The molecule has 0 aliphatic rings. The Labute approximate surface area is 190 Å². The lowest BCUT2D eigenvalue weighted by Gasteiger charge is -2.56. The van der Waals surface area contributed by atoms with Gasteiger partial charge in [0.25, 0.3) is 0 Å². The van der Waals surface area contributed by atoms with Crippen LogP contribution in [0.3, 0.4) is 0 Å². The van der Waals surface area contributed by atoms with Crippen LogP contribution >= 0.6 is 0 Å². The first-order chi connectivity index (χ1) is 12.1. The summed E-state index contributed by atoms with van der Waals surface area (Å²) in [4.78, 5) is 0. The molecule has 0 aliphatic heterocycles. The summed E-state index contributed by atoms with van der Waals surface area (Å²) in [5, 5.41) is 1.34. The molecule has 0 aliphatic carbocycles. The van der Waals surface area contributed by atoms with Crippen molar-refractivity contribution >= 4 is 32.8 Å². The summed E-state index contributed by atoms with van der Waals surface area (Å²) in [6.45, 7) is 45.2. The first kappa shape index (κ1) is 29.8. The van der Waals surface area contributed by atoms with Gasteiger partial charge in [-0.2, -0.15) is 0 Å². The van der Waals surface area contributed by atoms with Gasteiger partial charge in [-0.15, -0.1) is 0 Å². The van der Waals surface area contributed by atoms with E-state index in [2.05, 4.69) is 122 Å². The predicted molar refractivity (Wildman–Crippen MR) is 148 cm³/mol. The van der Waals surface area contributed by atoms with Gasteiger partial charge in [-0.1, -0.05) is 109 Å². The number of hydrogen-bond acceptors (Lipinski definition) is 1. The maximum atomic E-state index is 7.76. The van der Waals surface area contributed by atoms with Gasteiger partial charge in [0, 0.05) is 0 Å². The van der Waals surface area contributed by atoms with E-state index in [9.17, 15) is 0 Å². The van der Waals surface area contributed by atoms with Crippen molar-refractivity contribution in [1.29, 1.82) is 0 Å². The standard InChI is InChI=1S/C24H58OSi4/c1-21(2,3)26(13,14)19-28(17,23(7,8)9)25-29(18,24(10,11)12)20-27(15,16)22(4,5)6/h19-20H2,1-18H3. The minimum atomic E-state index is -1.95. The summed E-state index contributed by atoms with van der Waals surface area (Å²) in [5.74, 6) is 0. The molecule has 0 bridgehead atoms. The number of hydrogen-bond donors (Lipinski definition) is 0. The average Bonchev–Trinajstić information content (AvgIpc) is 2.30. The number of rotatable bonds is 6. The Morgan fingerprint density at radius 1 is 0.414 bits per heavy atom. The molecule has 5 heteroatoms. The second-order valence-electron chi connectivity index (χ2n) is 15.7. The van der Waals surface area contributed by atoms with Crippen LogP contribution in [0.2, 0.25) is 70.8 Å². The third-order valence-electron chi connectivity index (χ3n) is 9.24. The van der Waals surface area contributed by atoms with Gasteiger partial charge in [0.15, 0.2) is 16.6 Å². The minimum absolute atomic E-state index is 0.259. The monoisotopic (exact) mass is 474 g/mol. The van der Waals surface area contributed by atoms with Crippen LogP contribution in [0.4, 0.5) is 0 Å². The van der Waals surface area contributed by atoms with Crippen LogP contribution in [0.25, 0.3) is 0 Å². The van der Waals surface area contributed by atoms with Crippen molar-refractivity contribution in [2.24, 2.45) is 0 Å². The fourth-order valence-electron chi connectivity index (χ4n) is 3.62. The highest BCUT2D eigenvalue weighted by atomic mass is 28.5. The van der Waals surface area contributed by atoms with E-state index in [1.165, 1.54) is 11.3 Å². The highest BCUT2D eigenvalue weighted by Gasteiger charge is 2.57. The molecule has 0 spiro atoms. The van der Waals surface area contributed by atoms with E-state index in [1.54, 1.807) is 0 Å². The third kappa shape index (κ3) is 6.90. The minimum Gasteiger partial charge on any atom is -0.455 e. The van der Waals surface area contributed by atoms with Gasteiger partial charge in [0.1, 0.15) is 0 Å². The molecule has 0 aromatic heterocycles. The molecule has 0 N–H and O–H groups in total. The SMILES string of the molecule is CC(C)(C)[Si](C)(C)C[Si](C)(O[Si](C)(C[Si](C)(C)C(C)(C)C)C(C)(C)C)C(C)(C)C. The molecule has 0 heterocycles. The average molecular weight is 475 g/mol. The Kier molecular flexibility index (Phi) is 8.55. The van der Waals surface area contributed by atoms with Crippen molar-refractivity contribution in [1.82, 2.24) is 0 Å². The van der Waals surface area contributed by atoms with Crippen LogP contribution in [0.5, 0.6) is 0 Å². The highest BCUT2D eigenvalue weighted by molar-refractivity contribution is 7.02. The molecule has 176 valence electrons. The second-order valence-corrected chi connectivity index (χ2v) is 37.8. The van der Waals surface area contributed by atoms with Crippen LogP contribution in [0.15, 0.2) is 0 Å². The first-order valence-corrected chi connectivity index (χ1v) is 23.5. The molecule has 2 unspecified atom stereocenters. The molecule has 0 aromatic rings. The fourth-order valence-corrected chi connectivity index (χ4v) is 33.9. The Morgan fingerprint density at radius 3 is 0.759 bits per heavy atom. The zero-order valence-electron chi connectivity index (χ0n) is 23.8. The Hall–Kier alpha value is 0.828. The van der Waals surface area contributed by atoms with Gasteiger partial charge in [-0.05, 0) is 44.6 Å². The summed E-state index contributed by atoms with van der Waals surface area (Å²) >= 11 is 0. The molecule has 0 fully saturated rings. The fraction of sp³-hybridized carbons (Fsp3) is 1.00. The van der Waals surface area contributed by atoms with Crippen molar-refractivity contribution in [2.75, 3.05) is 0 Å². The van der Waals surface area contributed by atoms with Gasteiger partial charge in [-0.3, -0.25) is 0 Å². The predicted octanol–water partition coefficient (Wildman–Crippen LogP) is 9.85. The molecular weight excluding hydrogens is 417 g/mol. The quantitative estimate of drug-likeness (QED) is 0.348. The second kappa shape index (κ2) is 8.31. The third-order valence-corrected chi connectivity index (χ3v) is 39.8. The molecule has 0 saturated carbocycles. The van der Waals surface area contributed by atoms with Gasteiger partial charge in [0.2, 0.25) is 0 Å². The van der Waals surface area contributed by atoms with Crippen LogP contribution in [0.1, 0.15) is 83.1 Å². The van der Waals surface area contributed by atoms with Crippen LogP contribution < -0.4 is 0 Å². The van der Waals surface area contributed by atoms with Crippen LogP contribution in [-0.4, -0.2) is 32.8 Å². The van der Waals surface area contributed by atoms with Gasteiger partial charge in [-0.25, -0.2) is 0 Å². The van der Waals surface area contributed by atoms with Crippen molar-refractivity contribution in [3.8, 4) is 0 Å². The molecule has 2 atom stereocenters. The van der Waals surface area contributed by atoms with E-state index < -0.39 is 32.8 Å². The van der Waals surface area contributed by atoms with E-state index in [0.29, 0.717) is 10.1 Å². The van der Waals surface area contributed by atoms with E-state index in [0.717, 1.165) is 0 Å². The molecule has 0 rings (SSSR count). The molecular formula is C24H58OSi4. The molecule has 0 amide bonds. The van der Waals surface area contributed by atoms with E-state index in [4.69, 9.17) is 4.12 Å². The van der Waals surface area contributed by atoms with Gasteiger partial charge >= 0.3 is 0 Å². The zero-order valence-corrected chi connectivity index (χ0v) is 27.8. The maximum absolute atomic E-state index is 7.76. The summed E-state index contributed by atoms with van der Waals surface area (Å²) < 4.78 is 7.76. The maximum Gasteiger partial charge on any atom is 0.179 e. The Morgan fingerprint density at radius 2 is 0.621 bits per heavy atom. The molecule has 0 aromatic carbocycles. The summed E-state index contributed by atoms with van der Waals surface area (Å²) in [6, 6.07) is 0. The summed E-state index contributed by atoms with van der Waals surface area (Å²) in [5.41, 5.74) is 2.73. The van der Waals surface area contributed by atoms with Crippen molar-refractivity contribution < 1.29 is 4.12 Å². The van der Waals surface area contributed by atoms with Crippen molar-refractivity contribution in [3.05, 3.63) is 0 Å². The van der Waals surface area contributed by atoms with Gasteiger partial charge < -0.3 is 4.12 Å². The molecule has 29 heavy (non-hydrogen) atoms. The van der Waals surface area contributed by atoms with E-state index >= 15 is 0 Å². The van der Waals surface area contributed by atoms with Crippen molar-refractivity contribution in [2.45, 2.75) is 154 Å². The Bertz CT molecular complexity index is 505. The molecule has 0 saturated heterocycles. The molecule has 0 radical (unpaired) electrons. The lowest BCUT2D eigenvalue weighted by atomic mass is 10.2. The lowest BCUT2D eigenvalue weighted by Crippen LogP contribution is -2.63. The van der Waals surface area contributed by atoms with E-state index in [-0.39, 0.29) is 10.1 Å². The smallest absolute Gasteiger partial charge is 0.179 e. The van der Waals surface area contributed by atoms with Gasteiger partial charge in [0.05, 0.1) is 16.1 Å². The summed E-state index contributed by atoms with van der Waals surface area (Å²) in [6.07, 6.45) is 0. The highest BCUT2D eigenvalue weighted by Crippen LogP contribution is 2.54. The normalized spacial score (nSPS) is 19.7. The van der Waals surface area contributed by atoms with Crippen molar-refractivity contribution in [3.63, 3.8) is 0 Å². The molecule has 1 nitrogen and oxygen atoms in total. The van der Waals surface area contributed by atoms with E-state index in [1.807, 2.05) is 0 Å². The Balaban J connectivity index is 6.41. The van der Waals surface area contributed by atoms with Crippen LogP contribution in [0, 0.1) is 0 Å². The zero-order chi connectivity index (χ0) is 24.1. The summed E-state index contributed by atoms with van der Waals surface area (Å²) in [7, 11) is -6.78.